The minimum Gasteiger partial charge on any atom is -0.386 e. The molecule has 1 aromatic rings. The minimum absolute atomic E-state index is 0.0390. The van der Waals surface area contributed by atoms with Crippen LogP contribution in [-0.2, 0) is 0 Å². The molecule has 0 aromatic carbocycles. The van der Waals surface area contributed by atoms with Crippen LogP contribution >= 0.6 is 0 Å². The zero-order valence-electron chi connectivity index (χ0n) is 9.92. The Morgan fingerprint density at radius 1 is 1.44 bits per heavy atom. The van der Waals surface area contributed by atoms with E-state index in [4.69, 9.17) is 0 Å². The normalized spacial score (nSPS) is 9.88. The molecule has 1 heterocycles. The molecule has 0 radical (unpaired) electrons. The number of rotatable bonds is 6. The minimum atomic E-state index is -0.0390. The van der Waals surface area contributed by atoms with Crippen molar-refractivity contribution in [2.45, 2.75) is 26.2 Å². The molecule has 88 valence electrons. The first-order valence-corrected chi connectivity index (χ1v) is 5.69. The van der Waals surface area contributed by atoms with Crippen LogP contribution in [0.2, 0.25) is 0 Å². The number of hydrogen-bond donors (Lipinski definition) is 2. The smallest absolute Gasteiger partial charge is 0.253 e. The highest BCUT2D eigenvalue weighted by atomic mass is 16.1. The van der Waals surface area contributed by atoms with Crippen molar-refractivity contribution in [3.05, 3.63) is 24.0 Å². The molecule has 0 aliphatic rings. The number of anilines is 1. The van der Waals surface area contributed by atoms with Gasteiger partial charge in [-0.05, 0) is 12.5 Å². The largest absolute Gasteiger partial charge is 0.386 e. The molecule has 0 bridgehead atoms. The van der Waals surface area contributed by atoms with Crippen molar-refractivity contribution in [2.75, 3.05) is 18.9 Å². The molecule has 1 amide bonds. The van der Waals surface area contributed by atoms with E-state index in [0.717, 1.165) is 31.5 Å². The molecule has 16 heavy (non-hydrogen) atoms. The van der Waals surface area contributed by atoms with Gasteiger partial charge in [-0.25, -0.2) is 0 Å². The summed E-state index contributed by atoms with van der Waals surface area (Å²) in [5.41, 5.74) is 1.41. The Morgan fingerprint density at radius 3 is 2.94 bits per heavy atom. The molecule has 0 aliphatic carbocycles. The third-order valence-electron chi connectivity index (χ3n) is 2.40. The molecular formula is C12H19N3O. The Hall–Kier alpha value is -1.58. The number of pyridine rings is 1. The third-order valence-corrected chi connectivity index (χ3v) is 2.40. The number of amides is 1. The van der Waals surface area contributed by atoms with E-state index in [1.165, 1.54) is 0 Å². The van der Waals surface area contributed by atoms with E-state index in [1.54, 1.807) is 25.5 Å². The molecule has 0 atom stereocenters. The Labute approximate surface area is 96.5 Å². The third kappa shape index (κ3) is 3.53. The molecule has 4 nitrogen and oxygen atoms in total. The van der Waals surface area contributed by atoms with E-state index >= 15 is 0 Å². The van der Waals surface area contributed by atoms with E-state index in [2.05, 4.69) is 22.5 Å². The predicted molar refractivity (Wildman–Crippen MR) is 65.6 cm³/mol. The highest BCUT2D eigenvalue weighted by Crippen LogP contribution is 2.11. The van der Waals surface area contributed by atoms with Crippen molar-refractivity contribution >= 4 is 11.6 Å². The van der Waals surface area contributed by atoms with Gasteiger partial charge in [0, 0.05) is 19.8 Å². The van der Waals surface area contributed by atoms with Crippen molar-refractivity contribution in [1.29, 1.82) is 0 Å². The van der Waals surface area contributed by atoms with Crippen molar-refractivity contribution < 1.29 is 4.79 Å². The van der Waals surface area contributed by atoms with Gasteiger partial charge in [-0.1, -0.05) is 19.8 Å². The summed E-state index contributed by atoms with van der Waals surface area (Å²) < 4.78 is 0. The van der Waals surface area contributed by atoms with Gasteiger partial charge >= 0.3 is 0 Å². The van der Waals surface area contributed by atoms with Gasteiger partial charge in [-0.2, -0.15) is 0 Å². The van der Waals surface area contributed by atoms with Crippen LogP contribution in [0, 0.1) is 0 Å². The highest BCUT2D eigenvalue weighted by molar-refractivity contribution is 5.99. The van der Waals surface area contributed by atoms with Gasteiger partial charge in [0.15, 0.2) is 0 Å². The Morgan fingerprint density at radius 2 is 2.25 bits per heavy atom. The average molecular weight is 221 g/mol. The molecule has 2 N–H and O–H groups in total. The first kappa shape index (κ1) is 12.5. The Kier molecular flexibility index (Phi) is 5.32. The highest BCUT2D eigenvalue weighted by Gasteiger charge is 2.08. The van der Waals surface area contributed by atoms with Crippen molar-refractivity contribution in [2.24, 2.45) is 0 Å². The van der Waals surface area contributed by atoms with Gasteiger partial charge in [0.25, 0.3) is 5.91 Å². The molecule has 0 saturated heterocycles. The lowest BCUT2D eigenvalue weighted by atomic mass is 10.2. The number of hydrogen-bond acceptors (Lipinski definition) is 3. The Bertz CT molecular complexity index is 339. The zero-order valence-corrected chi connectivity index (χ0v) is 9.92. The number of carbonyl (C=O) groups excluding carboxylic acids is 1. The molecule has 0 saturated carbocycles. The fourth-order valence-corrected chi connectivity index (χ4v) is 1.46. The molecule has 0 aliphatic heterocycles. The second-order valence-corrected chi connectivity index (χ2v) is 3.63. The lowest BCUT2D eigenvalue weighted by Crippen LogP contribution is -2.25. The summed E-state index contributed by atoms with van der Waals surface area (Å²) in [6.07, 6.45) is 6.62. The number of nitrogens with zero attached hydrogens (tertiary/aromatic N) is 1. The average Bonchev–Trinajstić information content (AvgIpc) is 2.34. The summed E-state index contributed by atoms with van der Waals surface area (Å²) >= 11 is 0. The van der Waals surface area contributed by atoms with Gasteiger partial charge in [-0.3, -0.25) is 9.78 Å². The maximum absolute atomic E-state index is 11.8. The number of nitrogens with one attached hydrogen (secondary N) is 2. The van der Waals surface area contributed by atoms with Crippen LogP contribution in [0.1, 0.15) is 36.5 Å². The molecule has 0 unspecified atom stereocenters. The van der Waals surface area contributed by atoms with Crippen molar-refractivity contribution in [1.82, 2.24) is 10.3 Å². The second kappa shape index (κ2) is 6.82. The summed E-state index contributed by atoms with van der Waals surface area (Å²) in [6.45, 7) is 2.88. The van der Waals surface area contributed by atoms with Crippen LogP contribution in [0.5, 0.6) is 0 Å². The molecule has 4 heteroatoms. The van der Waals surface area contributed by atoms with E-state index in [-0.39, 0.29) is 5.91 Å². The van der Waals surface area contributed by atoms with Crippen LogP contribution in [0.25, 0.3) is 0 Å². The van der Waals surface area contributed by atoms with E-state index in [9.17, 15) is 4.79 Å². The fraction of sp³-hybridized carbons (Fsp3) is 0.500. The summed E-state index contributed by atoms with van der Waals surface area (Å²) in [7, 11) is 1.78. The standard InChI is InChI=1S/C12H19N3O/c1-3-4-5-7-15-12(16)10-6-8-14-9-11(10)13-2/h6,8-9,13H,3-5,7H2,1-2H3,(H,15,16). The number of aromatic nitrogens is 1. The van der Waals surface area contributed by atoms with Crippen molar-refractivity contribution in [3.63, 3.8) is 0 Å². The molecule has 0 fully saturated rings. The van der Waals surface area contributed by atoms with Crippen LogP contribution in [0.4, 0.5) is 5.69 Å². The topological polar surface area (TPSA) is 54.0 Å². The molecule has 0 spiro atoms. The lowest BCUT2D eigenvalue weighted by molar-refractivity contribution is 0.0953. The first-order valence-electron chi connectivity index (χ1n) is 5.69. The van der Waals surface area contributed by atoms with Crippen LogP contribution in [-0.4, -0.2) is 24.5 Å². The summed E-state index contributed by atoms with van der Waals surface area (Å²) in [4.78, 5) is 15.8. The lowest BCUT2D eigenvalue weighted by Gasteiger charge is -2.08. The van der Waals surface area contributed by atoms with Gasteiger partial charge in [0.05, 0.1) is 17.4 Å². The van der Waals surface area contributed by atoms with Crippen LogP contribution < -0.4 is 10.6 Å². The van der Waals surface area contributed by atoms with Crippen molar-refractivity contribution in [3.8, 4) is 0 Å². The summed E-state index contributed by atoms with van der Waals surface area (Å²) in [5, 5.41) is 5.86. The van der Waals surface area contributed by atoms with Gasteiger partial charge in [0.1, 0.15) is 0 Å². The quantitative estimate of drug-likeness (QED) is 0.723. The zero-order chi connectivity index (χ0) is 11.8. The van der Waals surface area contributed by atoms with Gasteiger partial charge in [0.2, 0.25) is 0 Å². The SMILES string of the molecule is CCCCCNC(=O)c1ccncc1NC. The Balaban J connectivity index is 2.52. The molecular weight excluding hydrogens is 202 g/mol. The maximum atomic E-state index is 11.8. The van der Waals surface area contributed by atoms with E-state index in [1.807, 2.05) is 0 Å². The number of carbonyl (C=O) groups is 1. The number of unbranched alkanes of at least 4 members (excludes halogenated alkanes) is 2. The van der Waals surface area contributed by atoms with E-state index < -0.39 is 0 Å². The van der Waals surface area contributed by atoms with Gasteiger partial charge in [-0.15, -0.1) is 0 Å². The first-order chi connectivity index (χ1) is 7.79. The molecule has 1 aromatic heterocycles. The van der Waals surface area contributed by atoms with Crippen LogP contribution in [0.15, 0.2) is 18.5 Å². The monoisotopic (exact) mass is 221 g/mol. The molecule has 1 rings (SSSR count). The van der Waals surface area contributed by atoms with Gasteiger partial charge < -0.3 is 10.6 Å². The fourth-order valence-electron chi connectivity index (χ4n) is 1.46. The van der Waals surface area contributed by atoms with E-state index in [0.29, 0.717) is 5.56 Å². The van der Waals surface area contributed by atoms with Crippen LogP contribution in [0.3, 0.4) is 0 Å². The maximum Gasteiger partial charge on any atom is 0.253 e. The summed E-state index contributed by atoms with van der Waals surface area (Å²) in [6, 6.07) is 1.72. The summed E-state index contributed by atoms with van der Waals surface area (Å²) in [5.74, 6) is -0.0390. The second-order valence-electron chi connectivity index (χ2n) is 3.63. The predicted octanol–water partition coefficient (Wildman–Crippen LogP) is 2.04.